The van der Waals surface area contributed by atoms with Gasteiger partial charge in [-0.2, -0.15) is 0 Å². The molecule has 1 aliphatic rings. The standard InChI is InChI=1S/C20H23NO6/c1-24-17-6-5-14(12-18(17)25-2)7-11-27-20(23)16-4-3-9-21(16)19(22)15-8-10-26-13-15/h5-6,8,10,12-13,16H,3-4,7,9,11H2,1-2H3/t16-/m0/s1. The molecule has 0 unspecified atom stereocenters. The van der Waals surface area contributed by atoms with Crippen LogP contribution in [0.3, 0.4) is 0 Å². The number of hydrogen-bond donors (Lipinski definition) is 0. The Hall–Kier alpha value is -2.96. The summed E-state index contributed by atoms with van der Waals surface area (Å²) < 4.78 is 20.9. The molecule has 144 valence electrons. The van der Waals surface area contributed by atoms with E-state index in [1.54, 1.807) is 25.2 Å². The summed E-state index contributed by atoms with van der Waals surface area (Å²) in [6.45, 7) is 0.776. The molecule has 2 heterocycles. The lowest BCUT2D eigenvalue weighted by atomic mass is 10.1. The molecule has 1 fully saturated rings. The Labute approximate surface area is 157 Å². The van der Waals surface area contributed by atoms with Crippen LogP contribution >= 0.6 is 0 Å². The third kappa shape index (κ3) is 4.24. The van der Waals surface area contributed by atoms with Crippen LogP contribution in [0, 0.1) is 0 Å². The monoisotopic (exact) mass is 373 g/mol. The number of carbonyl (C=O) groups excluding carboxylic acids is 2. The summed E-state index contributed by atoms with van der Waals surface area (Å²) in [7, 11) is 3.16. The van der Waals surface area contributed by atoms with Crippen LogP contribution in [-0.4, -0.2) is 50.2 Å². The fourth-order valence-corrected chi connectivity index (χ4v) is 3.21. The molecule has 7 nitrogen and oxygen atoms in total. The lowest BCUT2D eigenvalue weighted by Gasteiger charge is -2.22. The first kappa shape index (κ1) is 18.8. The Bertz CT molecular complexity index is 786. The van der Waals surface area contributed by atoms with Crippen LogP contribution in [0.15, 0.2) is 41.2 Å². The van der Waals surface area contributed by atoms with Gasteiger partial charge in [0.05, 0.1) is 32.7 Å². The van der Waals surface area contributed by atoms with Gasteiger partial charge in [-0.25, -0.2) is 4.79 Å². The largest absolute Gasteiger partial charge is 0.493 e. The van der Waals surface area contributed by atoms with Crippen molar-refractivity contribution in [2.75, 3.05) is 27.4 Å². The van der Waals surface area contributed by atoms with Gasteiger partial charge in [-0.1, -0.05) is 6.07 Å². The number of nitrogens with zero attached hydrogens (tertiary/aromatic N) is 1. The summed E-state index contributed by atoms with van der Waals surface area (Å²) in [6.07, 6.45) is 4.77. The second kappa shape index (κ2) is 8.62. The molecule has 1 aromatic heterocycles. The van der Waals surface area contributed by atoms with Gasteiger partial charge in [0.2, 0.25) is 0 Å². The van der Waals surface area contributed by atoms with E-state index in [0.717, 1.165) is 12.0 Å². The van der Waals surface area contributed by atoms with E-state index >= 15 is 0 Å². The molecule has 1 saturated heterocycles. The predicted molar refractivity (Wildman–Crippen MR) is 97.0 cm³/mol. The average molecular weight is 373 g/mol. The molecule has 3 rings (SSSR count). The van der Waals surface area contributed by atoms with E-state index in [9.17, 15) is 9.59 Å². The first-order valence-corrected chi connectivity index (χ1v) is 8.84. The predicted octanol–water partition coefficient (Wildman–Crippen LogP) is 2.69. The smallest absolute Gasteiger partial charge is 0.328 e. The van der Waals surface area contributed by atoms with Crippen LogP contribution in [0.2, 0.25) is 0 Å². The van der Waals surface area contributed by atoms with Crippen LogP contribution in [0.25, 0.3) is 0 Å². The fourth-order valence-electron chi connectivity index (χ4n) is 3.21. The van der Waals surface area contributed by atoms with E-state index in [2.05, 4.69) is 0 Å². The molecular weight excluding hydrogens is 350 g/mol. The Morgan fingerprint density at radius 3 is 2.70 bits per heavy atom. The zero-order valence-electron chi connectivity index (χ0n) is 15.5. The SMILES string of the molecule is COc1ccc(CCOC(=O)[C@@H]2CCCN2C(=O)c2ccoc2)cc1OC. The van der Waals surface area contributed by atoms with Crippen molar-refractivity contribution in [2.24, 2.45) is 0 Å². The van der Waals surface area contributed by atoms with Gasteiger partial charge in [-0.3, -0.25) is 4.79 Å². The summed E-state index contributed by atoms with van der Waals surface area (Å²) >= 11 is 0. The normalized spacial score (nSPS) is 16.2. The molecule has 27 heavy (non-hydrogen) atoms. The van der Waals surface area contributed by atoms with Gasteiger partial charge in [-0.15, -0.1) is 0 Å². The van der Waals surface area contributed by atoms with Crippen LogP contribution in [0.1, 0.15) is 28.8 Å². The molecule has 0 aliphatic carbocycles. The summed E-state index contributed by atoms with van der Waals surface area (Å²) in [6, 6.07) is 6.63. The van der Waals surface area contributed by atoms with Crippen molar-refractivity contribution in [1.29, 1.82) is 0 Å². The van der Waals surface area contributed by atoms with Gasteiger partial charge in [-0.05, 0) is 36.6 Å². The minimum atomic E-state index is -0.544. The van der Waals surface area contributed by atoms with Gasteiger partial charge < -0.3 is 23.5 Å². The topological polar surface area (TPSA) is 78.2 Å². The lowest BCUT2D eigenvalue weighted by Crippen LogP contribution is -2.41. The number of likely N-dealkylation sites (tertiary alicyclic amines) is 1. The molecule has 1 aliphatic heterocycles. The van der Waals surface area contributed by atoms with Gasteiger partial charge in [0, 0.05) is 13.0 Å². The van der Waals surface area contributed by atoms with E-state index in [0.29, 0.717) is 36.4 Å². The zero-order chi connectivity index (χ0) is 19.2. The van der Waals surface area contributed by atoms with Crippen molar-refractivity contribution in [2.45, 2.75) is 25.3 Å². The van der Waals surface area contributed by atoms with E-state index in [-0.39, 0.29) is 18.5 Å². The highest BCUT2D eigenvalue weighted by atomic mass is 16.5. The summed E-state index contributed by atoms with van der Waals surface area (Å²) in [5.74, 6) is 0.708. The Balaban J connectivity index is 1.55. The molecule has 0 bridgehead atoms. The molecule has 0 N–H and O–H groups in total. The lowest BCUT2D eigenvalue weighted by molar-refractivity contribution is -0.148. The van der Waals surface area contributed by atoms with Crippen molar-refractivity contribution in [3.63, 3.8) is 0 Å². The van der Waals surface area contributed by atoms with Crippen molar-refractivity contribution >= 4 is 11.9 Å². The molecular formula is C20H23NO6. The highest BCUT2D eigenvalue weighted by Gasteiger charge is 2.35. The molecule has 0 saturated carbocycles. The van der Waals surface area contributed by atoms with Crippen LogP contribution < -0.4 is 9.47 Å². The molecule has 1 aromatic carbocycles. The number of ether oxygens (including phenoxy) is 3. The second-order valence-electron chi connectivity index (χ2n) is 6.28. The van der Waals surface area contributed by atoms with E-state index in [1.165, 1.54) is 12.5 Å². The first-order chi connectivity index (χ1) is 13.1. The third-order valence-corrected chi connectivity index (χ3v) is 4.64. The highest BCUT2D eigenvalue weighted by molar-refractivity contribution is 5.96. The number of furan rings is 1. The molecule has 0 radical (unpaired) electrons. The van der Waals surface area contributed by atoms with Crippen LogP contribution in [0.4, 0.5) is 0 Å². The minimum Gasteiger partial charge on any atom is -0.493 e. The maximum atomic E-state index is 12.5. The van der Waals surface area contributed by atoms with E-state index in [1.807, 2.05) is 18.2 Å². The van der Waals surface area contributed by atoms with Crippen molar-refractivity contribution < 1.29 is 28.2 Å². The number of hydrogen-bond acceptors (Lipinski definition) is 6. The maximum absolute atomic E-state index is 12.5. The van der Waals surface area contributed by atoms with Gasteiger partial charge in [0.1, 0.15) is 12.3 Å². The summed E-state index contributed by atoms with van der Waals surface area (Å²) in [4.78, 5) is 26.5. The van der Waals surface area contributed by atoms with Crippen LogP contribution in [-0.2, 0) is 16.0 Å². The summed E-state index contributed by atoms with van der Waals surface area (Å²) in [5, 5.41) is 0. The summed E-state index contributed by atoms with van der Waals surface area (Å²) in [5.41, 5.74) is 1.42. The number of amides is 1. The second-order valence-corrected chi connectivity index (χ2v) is 6.28. The highest BCUT2D eigenvalue weighted by Crippen LogP contribution is 2.28. The maximum Gasteiger partial charge on any atom is 0.328 e. The van der Waals surface area contributed by atoms with E-state index < -0.39 is 6.04 Å². The Kier molecular flexibility index (Phi) is 6.01. The van der Waals surface area contributed by atoms with Crippen molar-refractivity contribution in [1.82, 2.24) is 4.90 Å². The van der Waals surface area contributed by atoms with Crippen LogP contribution in [0.5, 0.6) is 11.5 Å². The number of methoxy groups -OCH3 is 2. The fraction of sp³-hybridized carbons (Fsp3) is 0.400. The minimum absolute atomic E-state index is 0.205. The molecule has 2 aromatic rings. The number of esters is 1. The Morgan fingerprint density at radius 2 is 2.00 bits per heavy atom. The van der Waals surface area contributed by atoms with E-state index in [4.69, 9.17) is 18.6 Å². The van der Waals surface area contributed by atoms with Crippen molar-refractivity contribution in [3.05, 3.63) is 47.9 Å². The Morgan fingerprint density at radius 1 is 1.19 bits per heavy atom. The first-order valence-electron chi connectivity index (χ1n) is 8.84. The van der Waals surface area contributed by atoms with Gasteiger partial charge in [0.15, 0.2) is 11.5 Å². The number of carbonyl (C=O) groups is 2. The third-order valence-electron chi connectivity index (χ3n) is 4.64. The number of rotatable bonds is 7. The van der Waals surface area contributed by atoms with Gasteiger partial charge in [0.25, 0.3) is 5.91 Å². The quantitative estimate of drug-likeness (QED) is 0.695. The zero-order valence-corrected chi connectivity index (χ0v) is 15.5. The molecule has 7 heteroatoms. The van der Waals surface area contributed by atoms with Crippen molar-refractivity contribution in [3.8, 4) is 11.5 Å². The molecule has 1 amide bonds. The molecule has 0 spiro atoms. The molecule has 1 atom stereocenters. The van der Waals surface area contributed by atoms with Gasteiger partial charge >= 0.3 is 5.97 Å². The number of benzene rings is 1. The average Bonchev–Trinajstić information content (AvgIpc) is 3.39.